The zero-order valence-corrected chi connectivity index (χ0v) is 14.7. The Morgan fingerprint density at radius 1 is 1.00 bits per heavy atom. The number of rotatable bonds is 4. The van der Waals surface area contributed by atoms with Gasteiger partial charge in [-0.3, -0.25) is 0 Å². The van der Waals surface area contributed by atoms with Crippen LogP contribution < -0.4 is 4.90 Å². The zero-order valence-electron chi connectivity index (χ0n) is 14.7. The molecule has 1 aromatic carbocycles. The molecule has 0 bridgehead atoms. The van der Waals surface area contributed by atoms with E-state index in [4.69, 9.17) is 4.74 Å². The highest BCUT2D eigenvalue weighted by molar-refractivity contribution is 5.46. The van der Waals surface area contributed by atoms with Crippen LogP contribution in [0.15, 0.2) is 36.4 Å². The molecule has 1 fully saturated rings. The Morgan fingerprint density at radius 3 is 2.39 bits per heavy atom. The lowest BCUT2D eigenvalue weighted by Crippen LogP contribution is -2.37. The highest BCUT2D eigenvalue weighted by atomic mass is 19.4. The second kappa shape index (κ2) is 7.34. The average Bonchev–Trinajstić information content (AvgIpc) is 3.12. The van der Waals surface area contributed by atoms with Crippen LogP contribution in [0.4, 0.5) is 23.4 Å². The van der Waals surface area contributed by atoms with E-state index in [0.29, 0.717) is 25.5 Å². The van der Waals surface area contributed by atoms with Crippen molar-refractivity contribution in [2.45, 2.75) is 31.7 Å². The molecule has 0 radical (unpaired) electrons. The standard InChI is InChI=1S/C18H17F4N5O/c19-13-3-1-12(2-4-13)11-28-14-7-9-26(10-8-14)16-6-5-15-23-24-17(18(20,21)22)27(15)25-16/h1-6,14H,7-11H2. The Kier molecular flexibility index (Phi) is 4.88. The quantitative estimate of drug-likeness (QED) is 0.634. The van der Waals surface area contributed by atoms with Crippen LogP contribution in [0, 0.1) is 5.82 Å². The molecule has 2 aromatic heterocycles. The van der Waals surface area contributed by atoms with E-state index in [0.717, 1.165) is 22.9 Å². The molecular weight excluding hydrogens is 378 g/mol. The Balaban J connectivity index is 1.38. The number of anilines is 1. The molecule has 1 aliphatic heterocycles. The fourth-order valence-electron chi connectivity index (χ4n) is 3.17. The van der Waals surface area contributed by atoms with Crippen LogP contribution in [0.25, 0.3) is 5.65 Å². The number of hydrogen-bond donors (Lipinski definition) is 0. The molecule has 1 saturated heterocycles. The maximum absolute atomic E-state index is 13.0. The Morgan fingerprint density at radius 2 is 1.71 bits per heavy atom. The van der Waals surface area contributed by atoms with E-state index >= 15 is 0 Å². The van der Waals surface area contributed by atoms with Gasteiger partial charge in [0.25, 0.3) is 5.82 Å². The second-order valence-electron chi connectivity index (χ2n) is 6.61. The predicted octanol–water partition coefficient (Wildman–Crippen LogP) is 3.47. The smallest absolute Gasteiger partial charge is 0.373 e. The molecule has 0 aliphatic carbocycles. The van der Waals surface area contributed by atoms with Gasteiger partial charge in [0.2, 0.25) is 0 Å². The third-order valence-electron chi connectivity index (χ3n) is 4.67. The van der Waals surface area contributed by atoms with Crippen molar-refractivity contribution in [3.8, 4) is 0 Å². The number of ether oxygens (including phenoxy) is 1. The molecule has 3 aromatic rings. The summed E-state index contributed by atoms with van der Waals surface area (Å²) in [6.07, 6.45) is -3.15. The van der Waals surface area contributed by atoms with Crippen molar-refractivity contribution in [2.24, 2.45) is 0 Å². The monoisotopic (exact) mass is 395 g/mol. The van der Waals surface area contributed by atoms with Crippen molar-refractivity contribution in [3.63, 3.8) is 0 Å². The number of alkyl halides is 3. The number of hydrogen-bond acceptors (Lipinski definition) is 5. The van der Waals surface area contributed by atoms with Gasteiger partial charge in [0.05, 0.1) is 12.7 Å². The molecule has 0 saturated carbocycles. The molecule has 1 aliphatic rings. The molecule has 4 rings (SSSR count). The van der Waals surface area contributed by atoms with Gasteiger partial charge >= 0.3 is 6.18 Å². The lowest BCUT2D eigenvalue weighted by atomic mass is 10.1. The first-order valence-electron chi connectivity index (χ1n) is 8.81. The first kappa shape index (κ1) is 18.6. The fourth-order valence-corrected chi connectivity index (χ4v) is 3.17. The number of nitrogens with zero attached hydrogens (tertiary/aromatic N) is 5. The summed E-state index contributed by atoms with van der Waals surface area (Å²) in [4.78, 5) is 1.91. The minimum atomic E-state index is -4.62. The molecule has 0 atom stereocenters. The van der Waals surface area contributed by atoms with Crippen LogP contribution in [0.1, 0.15) is 24.2 Å². The van der Waals surface area contributed by atoms with Gasteiger partial charge in [0.15, 0.2) is 5.65 Å². The Bertz CT molecular complexity index is 949. The summed E-state index contributed by atoms with van der Waals surface area (Å²) < 4.78 is 58.6. The number of benzene rings is 1. The van der Waals surface area contributed by atoms with Gasteiger partial charge in [0, 0.05) is 13.1 Å². The van der Waals surface area contributed by atoms with Crippen LogP contribution >= 0.6 is 0 Å². The molecular formula is C18H17F4N5O. The highest BCUT2D eigenvalue weighted by Crippen LogP contribution is 2.28. The van der Waals surface area contributed by atoms with Gasteiger partial charge in [-0.15, -0.1) is 15.3 Å². The topological polar surface area (TPSA) is 55.5 Å². The highest BCUT2D eigenvalue weighted by Gasteiger charge is 2.37. The number of piperidine rings is 1. The Hall–Kier alpha value is -2.75. The van der Waals surface area contributed by atoms with Crippen molar-refractivity contribution >= 4 is 11.5 Å². The summed E-state index contributed by atoms with van der Waals surface area (Å²) in [5.74, 6) is -0.986. The Labute approximate surface area is 157 Å². The van der Waals surface area contributed by atoms with Gasteiger partial charge in [0.1, 0.15) is 11.6 Å². The summed E-state index contributed by atoms with van der Waals surface area (Å²) in [7, 11) is 0. The van der Waals surface area contributed by atoms with E-state index in [1.165, 1.54) is 18.2 Å². The lowest BCUT2D eigenvalue weighted by molar-refractivity contribution is -0.146. The summed E-state index contributed by atoms with van der Waals surface area (Å²) in [5.41, 5.74) is 0.942. The third kappa shape index (κ3) is 3.91. The van der Waals surface area contributed by atoms with Crippen LogP contribution in [-0.2, 0) is 17.5 Å². The van der Waals surface area contributed by atoms with Gasteiger partial charge < -0.3 is 9.64 Å². The van der Waals surface area contributed by atoms with E-state index in [1.54, 1.807) is 18.2 Å². The van der Waals surface area contributed by atoms with Gasteiger partial charge in [-0.25, -0.2) is 4.39 Å². The zero-order chi connectivity index (χ0) is 19.7. The van der Waals surface area contributed by atoms with Gasteiger partial charge in [-0.1, -0.05) is 12.1 Å². The molecule has 10 heteroatoms. The van der Waals surface area contributed by atoms with E-state index in [9.17, 15) is 17.6 Å². The summed E-state index contributed by atoms with van der Waals surface area (Å²) in [6.45, 7) is 1.61. The second-order valence-corrected chi connectivity index (χ2v) is 6.61. The predicted molar refractivity (Wildman–Crippen MR) is 92.2 cm³/mol. The molecule has 0 N–H and O–H groups in total. The summed E-state index contributed by atoms with van der Waals surface area (Å²) in [5, 5.41) is 10.8. The number of halogens is 4. The SMILES string of the molecule is Fc1ccc(COC2CCN(c3ccc4nnc(C(F)(F)F)n4n3)CC2)cc1. The van der Waals surface area contributed by atoms with E-state index < -0.39 is 12.0 Å². The molecule has 0 unspecified atom stereocenters. The van der Waals surface area contributed by atoms with Crippen LogP contribution in [-0.4, -0.2) is 39.0 Å². The molecule has 6 nitrogen and oxygen atoms in total. The minimum absolute atomic E-state index is 0.0330. The number of aromatic nitrogens is 4. The molecule has 0 amide bonds. The van der Waals surface area contributed by atoms with Crippen molar-refractivity contribution in [1.29, 1.82) is 0 Å². The first-order valence-corrected chi connectivity index (χ1v) is 8.81. The maximum atomic E-state index is 13.0. The fraction of sp³-hybridized carbons (Fsp3) is 0.389. The normalized spacial score (nSPS) is 16.1. The summed E-state index contributed by atoms with van der Waals surface area (Å²) >= 11 is 0. The third-order valence-corrected chi connectivity index (χ3v) is 4.67. The van der Waals surface area contributed by atoms with Crippen molar-refractivity contribution in [3.05, 3.63) is 53.6 Å². The average molecular weight is 395 g/mol. The molecule has 3 heterocycles. The maximum Gasteiger partial charge on any atom is 0.453 e. The van der Waals surface area contributed by atoms with Crippen LogP contribution in [0.2, 0.25) is 0 Å². The largest absolute Gasteiger partial charge is 0.453 e. The van der Waals surface area contributed by atoms with E-state index in [1.807, 2.05) is 4.90 Å². The molecule has 28 heavy (non-hydrogen) atoms. The van der Waals surface area contributed by atoms with Crippen molar-refractivity contribution in [2.75, 3.05) is 18.0 Å². The van der Waals surface area contributed by atoms with E-state index in [-0.39, 0.29) is 17.6 Å². The van der Waals surface area contributed by atoms with Crippen LogP contribution in [0.3, 0.4) is 0 Å². The first-order chi connectivity index (χ1) is 13.4. The van der Waals surface area contributed by atoms with Crippen molar-refractivity contribution in [1.82, 2.24) is 19.8 Å². The van der Waals surface area contributed by atoms with E-state index in [2.05, 4.69) is 15.3 Å². The summed E-state index contributed by atoms with van der Waals surface area (Å²) in [6, 6.07) is 9.26. The van der Waals surface area contributed by atoms with Crippen molar-refractivity contribution < 1.29 is 22.3 Å². The molecule has 148 valence electrons. The van der Waals surface area contributed by atoms with Gasteiger partial charge in [-0.2, -0.15) is 17.7 Å². The minimum Gasteiger partial charge on any atom is -0.373 e. The molecule has 0 spiro atoms. The lowest BCUT2D eigenvalue weighted by Gasteiger charge is -2.32. The number of fused-ring (bicyclic) bond motifs is 1. The van der Waals surface area contributed by atoms with Crippen LogP contribution in [0.5, 0.6) is 0 Å². The van der Waals surface area contributed by atoms with Gasteiger partial charge in [-0.05, 0) is 42.7 Å².